The van der Waals surface area contributed by atoms with Crippen LogP contribution in [0.2, 0.25) is 0 Å². The Kier molecular flexibility index (Phi) is 3.30. The van der Waals surface area contributed by atoms with Gasteiger partial charge in [0.25, 0.3) is 0 Å². The summed E-state index contributed by atoms with van der Waals surface area (Å²) in [6.45, 7) is 0.512. The van der Waals surface area contributed by atoms with Gasteiger partial charge in [-0.15, -0.1) is 0 Å². The molecular weight excluding hydrogens is 167 g/mol. The summed E-state index contributed by atoms with van der Waals surface area (Å²) in [7, 11) is 0. The van der Waals surface area contributed by atoms with E-state index in [4.69, 9.17) is 11.5 Å². The number of nitrogen functional groups attached to an aromatic ring is 1. The average molecular weight is 178 g/mol. The van der Waals surface area contributed by atoms with Crippen LogP contribution in [0.4, 0.5) is 10.1 Å². The molecule has 1 aromatic carbocycles. The Morgan fingerprint density at radius 1 is 1.31 bits per heavy atom. The Bertz CT molecular complexity index is 329. The minimum atomic E-state index is -0.364. The Hall–Kier alpha value is -1.53. The van der Waals surface area contributed by atoms with E-state index in [2.05, 4.69) is 11.8 Å². The van der Waals surface area contributed by atoms with Gasteiger partial charge < -0.3 is 11.5 Å². The molecule has 1 rings (SSSR count). The molecule has 0 amide bonds. The topological polar surface area (TPSA) is 52.0 Å². The highest BCUT2D eigenvalue weighted by atomic mass is 19.1. The Labute approximate surface area is 76.7 Å². The van der Waals surface area contributed by atoms with Crippen LogP contribution in [0.5, 0.6) is 0 Å². The second kappa shape index (κ2) is 4.48. The zero-order chi connectivity index (χ0) is 9.68. The molecule has 4 N–H and O–H groups in total. The molecule has 0 aromatic heterocycles. The average Bonchev–Trinajstić information content (AvgIpc) is 2.03. The van der Waals surface area contributed by atoms with E-state index in [-0.39, 0.29) is 5.82 Å². The van der Waals surface area contributed by atoms with Gasteiger partial charge in [-0.2, -0.15) is 0 Å². The maximum absolute atomic E-state index is 12.8. The SMILES string of the molecule is NCCC#Cc1cc(N)cc(F)c1. The number of anilines is 1. The van der Waals surface area contributed by atoms with Crippen LogP contribution in [0.3, 0.4) is 0 Å². The van der Waals surface area contributed by atoms with Crippen LogP contribution in [0.15, 0.2) is 18.2 Å². The smallest absolute Gasteiger partial charge is 0.126 e. The molecular formula is C10H11FN2. The lowest BCUT2D eigenvalue weighted by Crippen LogP contribution is -1.95. The maximum atomic E-state index is 12.8. The van der Waals surface area contributed by atoms with Gasteiger partial charge in [0.2, 0.25) is 0 Å². The number of rotatable bonds is 1. The van der Waals surface area contributed by atoms with Gasteiger partial charge in [0.15, 0.2) is 0 Å². The fraction of sp³-hybridized carbons (Fsp3) is 0.200. The zero-order valence-corrected chi connectivity index (χ0v) is 7.18. The van der Waals surface area contributed by atoms with Gasteiger partial charge >= 0.3 is 0 Å². The Morgan fingerprint density at radius 2 is 2.08 bits per heavy atom. The molecule has 13 heavy (non-hydrogen) atoms. The second-order valence-corrected chi connectivity index (χ2v) is 2.61. The number of halogens is 1. The number of benzene rings is 1. The van der Waals surface area contributed by atoms with Gasteiger partial charge in [-0.05, 0) is 18.2 Å². The first-order chi connectivity index (χ1) is 6.22. The first-order valence-electron chi connectivity index (χ1n) is 3.97. The van der Waals surface area contributed by atoms with Crippen molar-refractivity contribution < 1.29 is 4.39 Å². The fourth-order valence-electron chi connectivity index (χ4n) is 0.921. The van der Waals surface area contributed by atoms with Crippen LogP contribution in [-0.4, -0.2) is 6.54 Å². The molecule has 1 aromatic rings. The summed E-state index contributed by atoms with van der Waals surface area (Å²) >= 11 is 0. The van der Waals surface area contributed by atoms with Crippen molar-refractivity contribution in [2.75, 3.05) is 12.3 Å². The van der Waals surface area contributed by atoms with E-state index < -0.39 is 0 Å². The Balaban J connectivity index is 2.85. The monoisotopic (exact) mass is 178 g/mol. The fourth-order valence-corrected chi connectivity index (χ4v) is 0.921. The molecule has 0 spiro atoms. The van der Waals surface area contributed by atoms with E-state index in [0.717, 1.165) is 0 Å². The van der Waals surface area contributed by atoms with Crippen LogP contribution < -0.4 is 11.5 Å². The van der Waals surface area contributed by atoms with Crippen molar-refractivity contribution in [3.63, 3.8) is 0 Å². The molecule has 0 saturated heterocycles. The second-order valence-electron chi connectivity index (χ2n) is 2.61. The summed E-state index contributed by atoms with van der Waals surface area (Å²) in [5.41, 5.74) is 11.7. The number of hydrogen-bond acceptors (Lipinski definition) is 2. The number of nitrogens with two attached hydrogens (primary N) is 2. The lowest BCUT2D eigenvalue weighted by molar-refractivity contribution is 0.628. The molecule has 0 heterocycles. The first kappa shape index (κ1) is 9.56. The van der Waals surface area contributed by atoms with E-state index in [1.807, 2.05) is 0 Å². The highest BCUT2D eigenvalue weighted by molar-refractivity contribution is 5.47. The van der Waals surface area contributed by atoms with Crippen molar-refractivity contribution >= 4 is 5.69 Å². The standard InChI is InChI=1S/C10H11FN2/c11-9-5-8(3-1-2-4-12)6-10(13)7-9/h5-7H,2,4,12-13H2. The molecule has 0 fully saturated rings. The molecule has 0 bridgehead atoms. The van der Waals surface area contributed by atoms with Crippen molar-refractivity contribution in [3.8, 4) is 11.8 Å². The van der Waals surface area contributed by atoms with Gasteiger partial charge in [0, 0.05) is 24.2 Å². The summed E-state index contributed by atoms with van der Waals surface area (Å²) < 4.78 is 12.8. The molecule has 68 valence electrons. The highest BCUT2D eigenvalue weighted by Gasteiger charge is 1.94. The normalized spacial score (nSPS) is 9.08. The molecule has 0 unspecified atom stereocenters. The van der Waals surface area contributed by atoms with Gasteiger partial charge in [-0.1, -0.05) is 11.8 Å². The maximum Gasteiger partial charge on any atom is 0.126 e. The zero-order valence-electron chi connectivity index (χ0n) is 7.18. The number of hydrogen-bond donors (Lipinski definition) is 2. The quantitative estimate of drug-likeness (QED) is 0.500. The van der Waals surface area contributed by atoms with Gasteiger partial charge in [-0.25, -0.2) is 4.39 Å². The predicted molar refractivity (Wildman–Crippen MR) is 51.4 cm³/mol. The first-order valence-corrected chi connectivity index (χ1v) is 3.97. The molecule has 0 atom stereocenters. The lowest BCUT2D eigenvalue weighted by Gasteiger charge is -1.94. The summed E-state index contributed by atoms with van der Waals surface area (Å²) in [4.78, 5) is 0. The van der Waals surface area contributed by atoms with Crippen molar-refractivity contribution in [2.45, 2.75) is 6.42 Å². The molecule has 0 radical (unpaired) electrons. The summed E-state index contributed by atoms with van der Waals surface area (Å²) in [5.74, 6) is 5.22. The van der Waals surface area contributed by atoms with Gasteiger partial charge in [0.05, 0.1) is 0 Å². The minimum Gasteiger partial charge on any atom is -0.399 e. The summed E-state index contributed by atoms with van der Waals surface area (Å²) in [6.07, 6.45) is 0.608. The molecule has 0 aliphatic carbocycles. The van der Waals surface area contributed by atoms with E-state index in [1.54, 1.807) is 6.07 Å². The Morgan fingerprint density at radius 3 is 2.69 bits per heavy atom. The van der Waals surface area contributed by atoms with Crippen molar-refractivity contribution in [2.24, 2.45) is 5.73 Å². The van der Waals surface area contributed by atoms with Crippen LogP contribution in [0.1, 0.15) is 12.0 Å². The third-order valence-corrected chi connectivity index (χ3v) is 1.42. The van der Waals surface area contributed by atoms with Crippen molar-refractivity contribution in [1.29, 1.82) is 0 Å². The van der Waals surface area contributed by atoms with Crippen LogP contribution >= 0.6 is 0 Å². The van der Waals surface area contributed by atoms with Crippen LogP contribution in [0, 0.1) is 17.7 Å². The van der Waals surface area contributed by atoms with Gasteiger partial charge in [0.1, 0.15) is 5.82 Å². The van der Waals surface area contributed by atoms with Crippen molar-refractivity contribution in [3.05, 3.63) is 29.6 Å². The summed E-state index contributed by atoms with van der Waals surface area (Å²) in [6, 6.07) is 4.24. The third kappa shape index (κ3) is 3.14. The minimum absolute atomic E-state index is 0.364. The molecule has 3 heteroatoms. The largest absolute Gasteiger partial charge is 0.399 e. The molecule has 2 nitrogen and oxygen atoms in total. The van der Waals surface area contributed by atoms with E-state index in [9.17, 15) is 4.39 Å². The van der Waals surface area contributed by atoms with E-state index >= 15 is 0 Å². The van der Waals surface area contributed by atoms with Gasteiger partial charge in [-0.3, -0.25) is 0 Å². The van der Waals surface area contributed by atoms with Crippen molar-refractivity contribution in [1.82, 2.24) is 0 Å². The summed E-state index contributed by atoms with van der Waals surface area (Å²) in [5, 5.41) is 0. The lowest BCUT2D eigenvalue weighted by atomic mass is 10.2. The third-order valence-electron chi connectivity index (χ3n) is 1.42. The molecule has 0 saturated carbocycles. The van der Waals surface area contributed by atoms with E-state index in [1.165, 1.54) is 12.1 Å². The van der Waals surface area contributed by atoms with Crippen LogP contribution in [0.25, 0.3) is 0 Å². The van der Waals surface area contributed by atoms with Crippen LogP contribution in [-0.2, 0) is 0 Å². The predicted octanol–water partition coefficient (Wildman–Crippen LogP) is 1.11. The highest BCUT2D eigenvalue weighted by Crippen LogP contribution is 2.09. The van der Waals surface area contributed by atoms with E-state index in [0.29, 0.717) is 24.2 Å². The molecule has 0 aliphatic rings. The molecule has 0 aliphatic heterocycles.